The highest BCUT2D eigenvalue weighted by Crippen LogP contribution is 2.34. The largest absolute Gasteiger partial charge is 0.326 e. The van der Waals surface area contributed by atoms with Crippen molar-refractivity contribution in [3.8, 4) is 11.5 Å². The minimum absolute atomic E-state index is 0.0255. The van der Waals surface area contributed by atoms with Crippen molar-refractivity contribution in [1.82, 2.24) is 19.9 Å². The molecule has 7 nitrogen and oxygen atoms in total. The van der Waals surface area contributed by atoms with E-state index in [2.05, 4.69) is 19.9 Å². The van der Waals surface area contributed by atoms with Crippen LogP contribution in [-0.4, -0.2) is 24.9 Å². The summed E-state index contributed by atoms with van der Waals surface area (Å²) in [7, 11) is 0. The summed E-state index contributed by atoms with van der Waals surface area (Å²) in [6.07, 6.45) is 4.53. The SMILES string of the molecule is O=[N+]([O-])c1cc2c(Cl)nc(-c3cnccn3)nc2s1. The van der Waals surface area contributed by atoms with E-state index < -0.39 is 4.92 Å². The van der Waals surface area contributed by atoms with Crippen LogP contribution < -0.4 is 0 Å². The third kappa shape index (κ3) is 2.11. The molecule has 0 unspecified atom stereocenters. The second-order valence-corrected chi connectivity index (χ2v) is 4.86. The first-order valence-corrected chi connectivity index (χ1v) is 6.22. The van der Waals surface area contributed by atoms with Crippen molar-refractivity contribution >= 4 is 38.2 Å². The second-order valence-electron chi connectivity index (χ2n) is 3.49. The molecule has 3 heterocycles. The van der Waals surface area contributed by atoms with Gasteiger partial charge in [-0.15, -0.1) is 0 Å². The molecule has 0 aliphatic heterocycles. The molecule has 3 rings (SSSR count). The summed E-state index contributed by atoms with van der Waals surface area (Å²) < 4.78 is 0. The van der Waals surface area contributed by atoms with Crippen molar-refractivity contribution < 1.29 is 4.92 Å². The predicted octanol–water partition coefficient (Wildman–Crippen LogP) is 2.71. The normalized spacial score (nSPS) is 10.8. The van der Waals surface area contributed by atoms with Gasteiger partial charge in [-0.3, -0.25) is 15.1 Å². The Morgan fingerprint density at radius 3 is 2.84 bits per heavy atom. The van der Waals surface area contributed by atoms with Gasteiger partial charge in [0.2, 0.25) is 0 Å². The monoisotopic (exact) mass is 293 g/mol. The highest BCUT2D eigenvalue weighted by atomic mass is 35.5. The standard InChI is InChI=1S/C10H4ClN5O2S/c11-8-5-3-7(16(17)18)19-10(5)15-9(14-8)6-4-12-1-2-13-6/h1-4H. The Morgan fingerprint density at radius 1 is 1.32 bits per heavy atom. The van der Waals surface area contributed by atoms with Crippen molar-refractivity contribution in [2.75, 3.05) is 0 Å². The predicted molar refractivity (Wildman–Crippen MR) is 70.1 cm³/mol. The molecule has 0 aliphatic carbocycles. The molecule has 0 bridgehead atoms. The van der Waals surface area contributed by atoms with Crippen LogP contribution in [-0.2, 0) is 0 Å². The molecule has 0 fully saturated rings. The first-order chi connectivity index (χ1) is 9.15. The number of hydrogen-bond donors (Lipinski definition) is 0. The van der Waals surface area contributed by atoms with E-state index in [-0.39, 0.29) is 10.2 Å². The molecule has 0 aromatic carbocycles. The molecular weight excluding hydrogens is 290 g/mol. The molecule has 0 aliphatic rings. The number of nitro groups is 1. The van der Waals surface area contributed by atoms with Gasteiger partial charge in [-0.2, -0.15) is 0 Å². The Bertz CT molecular complexity index is 776. The number of rotatable bonds is 2. The molecule has 0 atom stereocenters. The third-order valence-corrected chi connectivity index (χ3v) is 3.57. The highest BCUT2D eigenvalue weighted by molar-refractivity contribution is 7.21. The summed E-state index contributed by atoms with van der Waals surface area (Å²) >= 11 is 6.96. The van der Waals surface area contributed by atoms with Crippen LogP contribution in [0.1, 0.15) is 0 Å². The summed E-state index contributed by atoms with van der Waals surface area (Å²) in [5.74, 6) is 0.294. The number of fused-ring (bicyclic) bond motifs is 1. The first-order valence-electron chi connectivity index (χ1n) is 5.03. The van der Waals surface area contributed by atoms with Crippen LogP contribution in [0, 0.1) is 10.1 Å². The van der Waals surface area contributed by atoms with E-state index in [1.165, 1.54) is 24.7 Å². The van der Waals surface area contributed by atoms with Crippen LogP contribution in [0.25, 0.3) is 21.7 Å². The first kappa shape index (κ1) is 11.9. The molecule has 0 saturated carbocycles. The quantitative estimate of drug-likeness (QED) is 0.409. The molecular formula is C10H4ClN5O2S. The maximum Gasteiger partial charge on any atom is 0.326 e. The number of aromatic nitrogens is 4. The van der Waals surface area contributed by atoms with E-state index in [0.717, 1.165) is 11.3 Å². The lowest BCUT2D eigenvalue weighted by molar-refractivity contribution is -0.380. The number of hydrogen-bond acceptors (Lipinski definition) is 7. The van der Waals surface area contributed by atoms with Crippen molar-refractivity contribution in [3.05, 3.63) is 39.9 Å². The zero-order valence-electron chi connectivity index (χ0n) is 9.15. The van der Waals surface area contributed by atoms with E-state index in [0.29, 0.717) is 21.7 Å². The number of thiophene rings is 1. The van der Waals surface area contributed by atoms with Gasteiger partial charge in [0.15, 0.2) is 5.82 Å². The molecule has 0 N–H and O–H groups in total. The van der Waals surface area contributed by atoms with E-state index in [1.807, 2.05) is 0 Å². The fourth-order valence-corrected chi connectivity index (χ4v) is 2.62. The summed E-state index contributed by atoms with van der Waals surface area (Å²) in [6, 6.07) is 1.36. The minimum atomic E-state index is -0.481. The van der Waals surface area contributed by atoms with Gasteiger partial charge in [0.1, 0.15) is 15.7 Å². The molecule has 94 valence electrons. The van der Waals surface area contributed by atoms with E-state index in [4.69, 9.17) is 11.6 Å². The molecule has 9 heteroatoms. The van der Waals surface area contributed by atoms with Gasteiger partial charge in [0.05, 0.1) is 16.5 Å². The van der Waals surface area contributed by atoms with Crippen LogP contribution in [0.4, 0.5) is 5.00 Å². The molecule has 0 saturated heterocycles. The van der Waals surface area contributed by atoms with Gasteiger partial charge < -0.3 is 0 Å². The number of halogens is 1. The fraction of sp³-hybridized carbons (Fsp3) is 0. The molecule has 0 spiro atoms. The van der Waals surface area contributed by atoms with Crippen LogP contribution in [0.5, 0.6) is 0 Å². The molecule has 0 amide bonds. The Balaban J connectivity index is 2.22. The Morgan fingerprint density at radius 2 is 2.16 bits per heavy atom. The van der Waals surface area contributed by atoms with E-state index >= 15 is 0 Å². The van der Waals surface area contributed by atoms with E-state index in [9.17, 15) is 10.1 Å². The lowest BCUT2D eigenvalue weighted by Crippen LogP contribution is -1.92. The minimum Gasteiger partial charge on any atom is -0.261 e. The van der Waals surface area contributed by atoms with Gasteiger partial charge in [0.25, 0.3) is 0 Å². The average molecular weight is 294 g/mol. The van der Waals surface area contributed by atoms with Crippen molar-refractivity contribution in [3.63, 3.8) is 0 Å². The molecule has 3 aromatic heterocycles. The Hall–Kier alpha value is -2.19. The van der Waals surface area contributed by atoms with Gasteiger partial charge in [-0.05, 0) is 11.3 Å². The Labute approximate surface area is 115 Å². The van der Waals surface area contributed by atoms with Gasteiger partial charge in [-0.25, -0.2) is 15.0 Å². The topological polar surface area (TPSA) is 94.7 Å². The van der Waals surface area contributed by atoms with E-state index in [1.54, 1.807) is 0 Å². The maximum absolute atomic E-state index is 10.7. The Kier molecular flexibility index (Phi) is 2.80. The third-order valence-electron chi connectivity index (χ3n) is 2.31. The van der Waals surface area contributed by atoms with Crippen LogP contribution in [0.3, 0.4) is 0 Å². The lowest BCUT2D eigenvalue weighted by atomic mass is 10.3. The van der Waals surface area contributed by atoms with Crippen LogP contribution in [0.2, 0.25) is 5.15 Å². The summed E-state index contributed by atoms with van der Waals surface area (Å²) in [4.78, 5) is 27.0. The summed E-state index contributed by atoms with van der Waals surface area (Å²) in [5, 5.41) is 11.3. The van der Waals surface area contributed by atoms with Crippen LogP contribution in [0.15, 0.2) is 24.7 Å². The second kappa shape index (κ2) is 4.48. The smallest absolute Gasteiger partial charge is 0.261 e. The fourth-order valence-electron chi connectivity index (χ4n) is 1.49. The average Bonchev–Trinajstić information content (AvgIpc) is 2.84. The van der Waals surface area contributed by atoms with Crippen molar-refractivity contribution in [2.45, 2.75) is 0 Å². The zero-order valence-corrected chi connectivity index (χ0v) is 10.7. The summed E-state index contributed by atoms with van der Waals surface area (Å²) in [6.45, 7) is 0. The van der Waals surface area contributed by atoms with Crippen molar-refractivity contribution in [2.24, 2.45) is 0 Å². The van der Waals surface area contributed by atoms with Crippen LogP contribution >= 0.6 is 22.9 Å². The van der Waals surface area contributed by atoms with Gasteiger partial charge in [0, 0.05) is 18.5 Å². The molecule has 0 radical (unpaired) electrons. The maximum atomic E-state index is 10.7. The van der Waals surface area contributed by atoms with Gasteiger partial charge in [-0.1, -0.05) is 11.6 Å². The summed E-state index contributed by atoms with van der Waals surface area (Å²) in [5.41, 5.74) is 0.461. The van der Waals surface area contributed by atoms with Gasteiger partial charge >= 0.3 is 5.00 Å². The highest BCUT2D eigenvalue weighted by Gasteiger charge is 2.17. The molecule has 3 aromatic rings. The molecule has 19 heavy (non-hydrogen) atoms. The zero-order chi connectivity index (χ0) is 13.4. The number of nitrogens with zero attached hydrogens (tertiary/aromatic N) is 5. The van der Waals surface area contributed by atoms with Crippen molar-refractivity contribution in [1.29, 1.82) is 0 Å². The lowest BCUT2D eigenvalue weighted by Gasteiger charge is -1.99.